The van der Waals surface area contributed by atoms with Crippen LogP contribution in [0.4, 0.5) is 0 Å². The molecule has 3 atom stereocenters. The van der Waals surface area contributed by atoms with Crippen LogP contribution in [0.1, 0.15) is 33.1 Å². The molecule has 1 fully saturated rings. The number of aliphatic hydroxyl groups is 2. The molecule has 78 valence electrons. The summed E-state index contributed by atoms with van der Waals surface area (Å²) in [6.45, 7) is 4.87. The van der Waals surface area contributed by atoms with E-state index in [9.17, 15) is 0 Å². The predicted octanol–water partition coefficient (Wildman–Crippen LogP) is 1.14. The Kier molecular flexibility index (Phi) is 4.16. The Bertz CT molecular complexity index is 147. The number of rotatable bonds is 3. The van der Waals surface area contributed by atoms with Crippen molar-refractivity contribution in [3.63, 3.8) is 0 Å². The minimum atomic E-state index is -1.15. The molecule has 0 aliphatic heterocycles. The van der Waals surface area contributed by atoms with Gasteiger partial charge in [-0.25, -0.2) is 0 Å². The van der Waals surface area contributed by atoms with Gasteiger partial charge in [0.1, 0.15) is 0 Å². The molecular weight excluding hydrogens is 168 g/mol. The second kappa shape index (κ2) is 4.94. The van der Waals surface area contributed by atoms with Gasteiger partial charge < -0.3 is 14.9 Å². The Morgan fingerprint density at radius 1 is 1.38 bits per heavy atom. The Labute approximate surface area is 79.7 Å². The summed E-state index contributed by atoms with van der Waals surface area (Å²) in [5.74, 6) is 0.493. The minimum Gasteiger partial charge on any atom is -0.378 e. The largest absolute Gasteiger partial charge is 0.378 e. The highest BCUT2D eigenvalue weighted by atomic mass is 16.5. The summed E-state index contributed by atoms with van der Waals surface area (Å²) < 4.78 is 5.56. The summed E-state index contributed by atoms with van der Waals surface area (Å²) in [4.78, 5) is 0. The van der Waals surface area contributed by atoms with Crippen LogP contribution in [0.2, 0.25) is 0 Å². The van der Waals surface area contributed by atoms with Crippen LogP contribution in [0.15, 0.2) is 0 Å². The van der Waals surface area contributed by atoms with E-state index in [1.165, 1.54) is 0 Å². The van der Waals surface area contributed by atoms with Gasteiger partial charge in [-0.15, -0.1) is 0 Å². The third-order valence-corrected chi connectivity index (χ3v) is 2.93. The van der Waals surface area contributed by atoms with Gasteiger partial charge in [-0.1, -0.05) is 6.92 Å². The van der Waals surface area contributed by atoms with Gasteiger partial charge in [0.05, 0.1) is 6.10 Å². The van der Waals surface area contributed by atoms with E-state index in [1.54, 1.807) is 0 Å². The minimum absolute atomic E-state index is 0.0479. The van der Waals surface area contributed by atoms with Crippen LogP contribution in [0.5, 0.6) is 0 Å². The summed E-state index contributed by atoms with van der Waals surface area (Å²) in [6.07, 6.45) is 1.86. The van der Waals surface area contributed by atoms with Crippen molar-refractivity contribution in [2.45, 2.75) is 45.5 Å². The zero-order chi connectivity index (χ0) is 9.84. The smallest absolute Gasteiger partial charge is 0.154 e. The van der Waals surface area contributed by atoms with E-state index >= 15 is 0 Å². The molecule has 3 nitrogen and oxygen atoms in total. The van der Waals surface area contributed by atoms with Crippen LogP contribution in [0, 0.1) is 11.8 Å². The average molecular weight is 188 g/mol. The molecule has 0 aromatic carbocycles. The highest BCUT2D eigenvalue weighted by Gasteiger charge is 2.30. The van der Waals surface area contributed by atoms with Gasteiger partial charge in [0.15, 0.2) is 6.29 Å². The molecule has 1 saturated carbocycles. The SMILES string of the molecule is CCOC1CCC(C(O)O)CC1C. The fraction of sp³-hybridized carbons (Fsp3) is 1.00. The Balaban J connectivity index is 2.37. The van der Waals surface area contributed by atoms with E-state index in [2.05, 4.69) is 6.92 Å². The van der Waals surface area contributed by atoms with E-state index in [0.29, 0.717) is 12.0 Å². The van der Waals surface area contributed by atoms with Crippen LogP contribution in [-0.4, -0.2) is 29.2 Å². The first kappa shape index (κ1) is 11.0. The first-order valence-corrected chi connectivity index (χ1v) is 5.12. The molecule has 0 heterocycles. The zero-order valence-electron chi connectivity index (χ0n) is 8.44. The van der Waals surface area contributed by atoms with Gasteiger partial charge in [-0.05, 0) is 32.1 Å². The molecule has 1 aliphatic rings. The second-order valence-electron chi connectivity index (χ2n) is 3.96. The van der Waals surface area contributed by atoms with Crippen molar-refractivity contribution in [3.8, 4) is 0 Å². The molecule has 0 amide bonds. The lowest BCUT2D eigenvalue weighted by Crippen LogP contribution is -2.34. The Hall–Kier alpha value is -0.120. The third kappa shape index (κ3) is 2.93. The zero-order valence-corrected chi connectivity index (χ0v) is 8.44. The van der Waals surface area contributed by atoms with Crippen LogP contribution in [0.25, 0.3) is 0 Å². The molecule has 0 radical (unpaired) electrons. The van der Waals surface area contributed by atoms with Gasteiger partial charge in [0.2, 0.25) is 0 Å². The lowest BCUT2D eigenvalue weighted by atomic mass is 9.80. The number of hydrogen-bond donors (Lipinski definition) is 2. The summed E-state index contributed by atoms with van der Waals surface area (Å²) in [7, 11) is 0. The highest BCUT2D eigenvalue weighted by Crippen LogP contribution is 2.32. The lowest BCUT2D eigenvalue weighted by Gasteiger charge is -2.34. The standard InChI is InChI=1S/C10H20O3/c1-3-13-9-5-4-8(10(11)12)6-7(9)2/h7-12H,3-6H2,1-2H3. The molecule has 2 N–H and O–H groups in total. The molecule has 1 rings (SSSR count). The van der Waals surface area contributed by atoms with E-state index in [-0.39, 0.29) is 5.92 Å². The van der Waals surface area contributed by atoms with Crippen LogP contribution >= 0.6 is 0 Å². The molecule has 0 saturated heterocycles. The molecule has 0 spiro atoms. The van der Waals surface area contributed by atoms with Gasteiger partial charge in [-0.3, -0.25) is 0 Å². The Morgan fingerprint density at radius 3 is 2.54 bits per heavy atom. The topological polar surface area (TPSA) is 49.7 Å². The van der Waals surface area contributed by atoms with Crippen molar-refractivity contribution in [2.75, 3.05) is 6.61 Å². The maximum absolute atomic E-state index is 9.03. The maximum Gasteiger partial charge on any atom is 0.154 e. The summed E-state index contributed by atoms with van der Waals surface area (Å²) in [5.41, 5.74) is 0. The summed E-state index contributed by atoms with van der Waals surface area (Å²) in [5, 5.41) is 18.1. The van der Waals surface area contributed by atoms with Crippen LogP contribution in [-0.2, 0) is 4.74 Å². The molecule has 3 unspecified atom stereocenters. The second-order valence-corrected chi connectivity index (χ2v) is 3.96. The van der Waals surface area contributed by atoms with Gasteiger partial charge in [-0.2, -0.15) is 0 Å². The fourth-order valence-corrected chi connectivity index (χ4v) is 2.14. The molecule has 1 aliphatic carbocycles. The fourth-order valence-electron chi connectivity index (χ4n) is 2.14. The quantitative estimate of drug-likeness (QED) is 0.653. The van der Waals surface area contributed by atoms with Crippen molar-refractivity contribution >= 4 is 0 Å². The summed E-state index contributed by atoms with van der Waals surface area (Å²) in [6, 6.07) is 0. The molecule has 13 heavy (non-hydrogen) atoms. The molecule has 0 bridgehead atoms. The Morgan fingerprint density at radius 2 is 2.08 bits per heavy atom. The maximum atomic E-state index is 9.03. The first-order chi connectivity index (χ1) is 6.15. The predicted molar refractivity (Wildman–Crippen MR) is 50.1 cm³/mol. The van der Waals surface area contributed by atoms with Crippen molar-refractivity contribution < 1.29 is 14.9 Å². The van der Waals surface area contributed by atoms with Gasteiger partial charge in [0, 0.05) is 12.5 Å². The number of aliphatic hydroxyl groups excluding tert-OH is 1. The lowest BCUT2D eigenvalue weighted by molar-refractivity contribution is -0.115. The van der Waals surface area contributed by atoms with Gasteiger partial charge >= 0.3 is 0 Å². The van der Waals surface area contributed by atoms with Crippen LogP contribution < -0.4 is 0 Å². The average Bonchev–Trinajstić information content (AvgIpc) is 2.08. The highest BCUT2D eigenvalue weighted by molar-refractivity contribution is 4.79. The normalized spacial score (nSPS) is 35.3. The van der Waals surface area contributed by atoms with Crippen LogP contribution in [0.3, 0.4) is 0 Å². The van der Waals surface area contributed by atoms with E-state index in [4.69, 9.17) is 14.9 Å². The molecular formula is C10H20O3. The summed E-state index contributed by atoms with van der Waals surface area (Å²) >= 11 is 0. The van der Waals surface area contributed by atoms with Gasteiger partial charge in [0.25, 0.3) is 0 Å². The molecule has 0 aromatic heterocycles. The molecule has 0 aromatic rings. The van der Waals surface area contributed by atoms with Crippen molar-refractivity contribution in [3.05, 3.63) is 0 Å². The van der Waals surface area contributed by atoms with Crippen molar-refractivity contribution in [1.82, 2.24) is 0 Å². The third-order valence-electron chi connectivity index (χ3n) is 2.93. The van der Waals surface area contributed by atoms with Crippen molar-refractivity contribution in [2.24, 2.45) is 11.8 Å². The first-order valence-electron chi connectivity index (χ1n) is 5.12. The van der Waals surface area contributed by atoms with E-state index < -0.39 is 6.29 Å². The van der Waals surface area contributed by atoms with Crippen molar-refractivity contribution in [1.29, 1.82) is 0 Å². The molecule has 3 heteroatoms. The van der Waals surface area contributed by atoms with E-state index in [1.807, 2.05) is 6.92 Å². The number of hydrogen-bond acceptors (Lipinski definition) is 3. The number of ether oxygens (including phenoxy) is 1. The van der Waals surface area contributed by atoms with E-state index in [0.717, 1.165) is 25.9 Å². The monoisotopic (exact) mass is 188 g/mol.